The van der Waals surface area contributed by atoms with Gasteiger partial charge in [0.25, 0.3) is 0 Å². The van der Waals surface area contributed by atoms with Gasteiger partial charge >= 0.3 is 0 Å². The molecular weight excluding hydrogens is 314 g/mol. The third-order valence-electron chi connectivity index (χ3n) is 3.48. The lowest BCUT2D eigenvalue weighted by atomic mass is 10.0. The normalized spacial score (nSPS) is 12.3. The summed E-state index contributed by atoms with van der Waals surface area (Å²) in [5, 5.41) is 0.662. The smallest absolute Gasteiger partial charge is 0.159 e. The van der Waals surface area contributed by atoms with Crippen LogP contribution in [-0.4, -0.2) is 17.9 Å². The van der Waals surface area contributed by atoms with Gasteiger partial charge in [0.05, 0.1) is 22.6 Å². The van der Waals surface area contributed by atoms with E-state index in [0.717, 1.165) is 20.8 Å². The number of rotatable bonds is 4. The lowest BCUT2D eigenvalue weighted by Gasteiger charge is -2.14. The zero-order chi connectivity index (χ0) is 15.7. The number of thiazole rings is 1. The summed E-state index contributed by atoms with van der Waals surface area (Å²) in [6.07, 6.45) is 0. The number of benzene rings is 2. The second kappa shape index (κ2) is 6.10. The average Bonchev–Trinajstić information content (AvgIpc) is 2.97. The van der Waals surface area contributed by atoms with Crippen molar-refractivity contribution in [3.8, 4) is 5.75 Å². The van der Waals surface area contributed by atoms with E-state index in [1.54, 1.807) is 31.4 Å². The number of Topliss-reactive ketones (excluding diaryl/α,β-unsaturated/α-hetero) is 1. The SMILES string of the molecule is COc1ccc(C(C)=O)cc1C(S)c1nc2ccccc2s1. The summed E-state index contributed by atoms with van der Waals surface area (Å²) < 4.78 is 6.54. The van der Waals surface area contributed by atoms with E-state index >= 15 is 0 Å². The van der Waals surface area contributed by atoms with Gasteiger partial charge in [-0.3, -0.25) is 4.79 Å². The van der Waals surface area contributed by atoms with Gasteiger partial charge in [-0.1, -0.05) is 12.1 Å². The van der Waals surface area contributed by atoms with Crippen molar-refractivity contribution in [1.29, 1.82) is 0 Å². The Morgan fingerprint density at radius 2 is 2.05 bits per heavy atom. The van der Waals surface area contributed by atoms with Gasteiger partial charge in [0.1, 0.15) is 10.8 Å². The second-order valence-electron chi connectivity index (χ2n) is 4.94. The van der Waals surface area contributed by atoms with Crippen LogP contribution >= 0.6 is 24.0 Å². The molecule has 3 nitrogen and oxygen atoms in total. The number of methoxy groups -OCH3 is 1. The Labute approximate surface area is 138 Å². The third kappa shape index (κ3) is 2.74. The van der Waals surface area contributed by atoms with Crippen molar-refractivity contribution in [3.05, 3.63) is 58.6 Å². The molecule has 0 N–H and O–H groups in total. The second-order valence-corrected chi connectivity index (χ2v) is 6.51. The molecule has 0 fully saturated rings. The van der Waals surface area contributed by atoms with Gasteiger partial charge in [-0.25, -0.2) is 4.98 Å². The van der Waals surface area contributed by atoms with Crippen molar-refractivity contribution in [2.75, 3.05) is 7.11 Å². The third-order valence-corrected chi connectivity index (χ3v) is 5.27. The zero-order valence-corrected chi connectivity index (χ0v) is 13.9. The Morgan fingerprint density at radius 3 is 2.73 bits per heavy atom. The lowest BCUT2D eigenvalue weighted by Crippen LogP contribution is -2.01. The van der Waals surface area contributed by atoms with Gasteiger partial charge in [0, 0.05) is 11.1 Å². The van der Waals surface area contributed by atoms with Crippen molar-refractivity contribution >= 4 is 40.0 Å². The summed E-state index contributed by atoms with van der Waals surface area (Å²) in [5.74, 6) is 0.734. The molecule has 5 heteroatoms. The van der Waals surface area contributed by atoms with Crippen LogP contribution in [0.3, 0.4) is 0 Å². The number of carbonyl (C=O) groups excluding carboxylic acids is 1. The van der Waals surface area contributed by atoms with E-state index in [9.17, 15) is 4.79 Å². The number of para-hydroxylation sites is 1. The average molecular weight is 329 g/mol. The Kier molecular flexibility index (Phi) is 4.18. The van der Waals surface area contributed by atoms with Crippen molar-refractivity contribution in [2.45, 2.75) is 12.2 Å². The lowest BCUT2D eigenvalue weighted by molar-refractivity contribution is 0.101. The molecule has 1 aromatic heterocycles. The van der Waals surface area contributed by atoms with E-state index in [1.807, 2.05) is 36.4 Å². The van der Waals surface area contributed by atoms with Crippen molar-refractivity contribution in [3.63, 3.8) is 0 Å². The Balaban J connectivity index is 2.08. The quantitative estimate of drug-likeness (QED) is 0.565. The number of ketones is 1. The van der Waals surface area contributed by atoms with Gasteiger partial charge < -0.3 is 4.74 Å². The van der Waals surface area contributed by atoms with Crippen molar-refractivity contribution in [1.82, 2.24) is 4.98 Å². The fourth-order valence-corrected chi connectivity index (χ4v) is 3.70. The fourth-order valence-electron chi connectivity index (χ4n) is 2.31. The fraction of sp³-hybridized carbons (Fsp3) is 0.176. The predicted molar refractivity (Wildman–Crippen MR) is 93.4 cm³/mol. The summed E-state index contributed by atoms with van der Waals surface area (Å²) in [6.45, 7) is 1.55. The number of thiol groups is 1. The maximum Gasteiger partial charge on any atom is 0.159 e. The van der Waals surface area contributed by atoms with E-state index in [0.29, 0.717) is 11.3 Å². The largest absolute Gasteiger partial charge is 0.496 e. The molecule has 0 saturated carbocycles. The first-order chi connectivity index (χ1) is 10.6. The first kappa shape index (κ1) is 15.1. The summed E-state index contributed by atoms with van der Waals surface area (Å²) in [5.41, 5.74) is 2.47. The van der Waals surface area contributed by atoms with Gasteiger partial charge in [0.15, 0.2) is 5.78 Å². The Bertz CT molecular complexity index is 809. The van der Waals surface area contributed by atoms with Crippen LogP contribution in [0.5, 0.6) is 5.75 Å². The summed E-state index contributed by atoms with van der Waals surface area (Å²) in [6, 6.07) is 13.4. The van der Waals surface area contributed by atoms with E-state index in [2.05, 4.69) is 4.98 Å². The van der Waals surface area contributed by atoms with Crippen LogP contribution in [0.2, 0.25) is 0 Å². The molecular formula is C17H15NO2S2. The van der Waals surface area contributed by atoms with Crippen molar-refractivity contribution in [2.24, 2.45) is 0 Å². The molecule has 1 atom stereocenters. The van der Waals surface area contributed by atoms with Gasteiger partial charge in [-0.15, -0.1) is 11.3 Å². The summed E-state index contributed by atoms with van der Waals surface area (Å²) in [7, 11) is 1.62. The summed E-state index contributed by atoms with van der Waals surface area (Å²) >= 11 is 6.32. The molecule has 0 radical (unpaired) electrons. The molecule has 3 aromatic rings. The Morgan fingerprint density at radius 1 is 1.27 bits per heavy atom. The number of hydrogen-bond acceptors (Lipinski definition) is 5. The van der Waals surface area contributed by atoms with E-state index in [1.165, 1.54) is 0 Å². The highest BCUT2D eigenvalue weighted by atomic mass is 32.1. The van der Waals surface area contributed by atoms with Crippen molar-refractivity contribution < 1.29 is 9.53 Å². The van der Waals surface area contributed by atoms with Gasteiger partial charge in [0.2, 0.25) is 0 Å². The maximum absolute atomic E-state index is 11.6. The Hall–Kier alpha value is -1.85. The molecule has 0 aliphatic carbocycles. The molecule has 112 valence electrons. The molecule has 0 aliphatic rings. The van der Waals surface area contributed by atoms with Gasteiger partial charge in [-0.05, 0) is 37.3 Å². The minimum absolute atomic E-state index is 0.0220. The molecule has 0 aliphatic heterocycles. The standard InChI is InChI=1S/C17H15NO2S2/c1-10(19)11-7-8-14(20-2)12(9-11)16(21)17-18-13-5-3-4-6-15(13)22-17/h3-9,16,21H,1-2H3. The number of nitrogens with zero attached hydrogens (tertiary/aromatic N) is 1. The molecule has 0 spiro atoms. The minimum Gasteiger partial charge on any atom is -0.496 e. The molecule has 1 unspecified atom stereocenters. The highest BCUT2D eigenvalue weighted by molar-refractivity contribution is 7.81. The number of fused-ring (bicyclic) bond motifs is 1. The molecule has 1 heterocycles. The number of aromatic nitrogens is 1. The zero-order valence-electron chi connectivity index (χ0n) is 12.2. The molecule has 0 amide bonds. The number of hydrogen-bond donors (Lipinski definition) is 1. The first-order valence-corrected chi connectivity index (χ1v) is 8.16. The van der Waals surface area contributed by atoms with E-state index < -0.39 is 0 Å². The highest BCUT2D eigenvalue weighted by Gasteiger charge is 2.19. The van der Waals surface area contributed by atoms with Crippen LogP contribution < -0.4 is 4.74 Å². The highest BCUT2D eigenvalue weighted by Crippen LogP contribution is 2.38. The molecule has 0 bridgehead atoms. The first-order valence-electron chi connectivity index (χ1n) is 6.82. The van der Waals surface area contributed by atoms with Crippen LogP contribution in [0, 0.1) is 0 Å². The number of carbonyl (C=O) groups is 1. The van der Waals surface area contributed by atoms with Crippen LogP contribution in [0.15, 0.2) is 42.5 Å². The molecule has 2 aromatic carbocycles. The molecule has 22 heavy (non-hydrogen) atoms. The molecule has 3 rings (SSSR count). The molecule has 0 saturated heterocycles. The van der Waals surface area contributed by atoms with Crippen LogP contribution in [0.25, 0.3) is 10.2 Å². The van der Waals surface area contributed by atoms with Crippen LogP contribution in [0.1, 0.15) is 33.1 Å². The minimum atomic E-state index is -0.230. The van der Waals surface area contributed by atoms with E-state index in [4.69, 9.17) is 17.4 Å². The topological polar surface area (TPSA) is 39.2 Å². The van der Waals surface area contributed by atoms with Gasteiger partial charge in [-0.2, -0.15) is 12.6 Å². The predicted octanol–water partition coefficient (Wildman–Crippen LogP) is 4.53. The summed E-state index contributed by atoms with van der Waals surface area (Å²) in [4.78, 5) is 16.3. The number of ether oxygens (including phenoxy) is 1. The van der Waals surface area contributed by atoms with Crippen LogP contribution in [0.4, 0.5) is 0 Å². The maximum atomic E-state index is 11.6. The monoisotopic (exact) mass is 329 g/mol. The van der Waals surface area contributed by atoms with E-state index in [-0.39, 0.29) is 11.0 Å². The van der Waals surface area contributed by atoms with Crippen LogP contribution in [-0.2, 0) is 0 Å².